The number of carboxylic acids is 2. The van der Waals surface area contributed by atoms with Crippen LogP contribution in [0, 0.1) is 0 Å². The van der Waals surface area contributed by atoms with Gasteiger partial charge in [-0.05, 0) is 44.0 Å². The van der Waals surface area contributed by atoms with Crippen LogP contribution >= 0.6 is 0 Å². The van der Waals surface area contributed by atoms with Crippen LogP contribution in [0.2, 0.25) is 0 Å². The first-order chi connectivity index (χ1) is 9.41. The van der Waals surface area contributed by atoms with Crippen LogP contribution in [0.15, 0.2) is 24.3 Å². The average molecular weight is 277 g/mol. The van der Waals surface area contributed by atoms with Gasteiger partial charge in [-0.1, -0.05) is 0 Å². The number of nitrogens with zero attached hydrogens (tertiary/aromatic N) is 1. The molecule has 6 heteroatoms. The van der Waals surface area contributed by atoms with Crippen molar-refractivity contribution in [3.8, 4) is 0 Å². The van der Waals surface area contributed by atoms with Gasteiger partial charge in [-0.2, -0.15) is 0 Å². The number of carbonyl (C=O) groups is 3. The molecule has 1 saturated carbocycles. The van der Waals surface area contributed by atoms with Crippen molar-refractivity contribution in [3.05, 3.63) is 35.4 Å². The standard InChI is InChI=1S/C14H15NO5/c1-8(13(17)18)15(11-6-7-11)12(16)9-2-4-10(5-3-9)14(19)20/h2-5,8,11H,6-7H2,1H3,(H,17,18)(H,19,20). The minimum Gasteiger partial charge on any atom is -0.480 e. The third kappa shape index (κ3) is 2.79. The number of carboxylic acid groups (broad SMARTS) is 2. The number of rotatable bonds is 5. The summed E-state index contributed by atoms with van der Waals surface area (Å²) in [6, 6.07) is 4.57. The molecule has 106 valence electrons. The molecule has 1 fully saturated rings. The molecule has 1 aromatic rings. The maximum atomic E-state index is 12.4. The van der Waals surface area contributed by atoms with E-state index in [1.807, 2.05) is 0 Å². The van der Waals surface area contributed by atoms with Gasteiger partial charge in [-0.3, -0.25) is 4.79 Å². The summed E-state index contributed by atoms with van der Waals surface area (Å²) in [5.74, 6) is -2.49. The Morgan fingerprint density at radius 2 is 1.60 bits per heavy atom. The lowest BCUT2D eigenvalue weighted by Gasteiger charge is -2.26. The lowest BCUT2D eigenvalue weighted by atomic mass is 10.1. The van der Waals surface area contributed by atoms with E-state index in [0.29, 0.717) is 5.56 Å². The van der Waals surface area contributed by atoms with Crippen LogP contribution in [-0.2, 0) is 4.79 Å². The second kappa shape index (κ2) is 5.32. The van der Waals surface area contributed by atoms with Crippen LogP contribution in [0.25, 0.3) is 0 Å². The van der Waals surface area contributed by atoms with Gasteiger partial charge in [0.1, 0.15) is 6.04 Å². The maximum Gasteiger partial charge on any atom is 0.335 e. The zero-order valence-electron chi connectivity index (χ0n) is 10.9. The molecule has 1 aliphatic carbocycles. The minimum absolute atomic E-state index is 0.0345. The lowest BCUT2D eigenvalue weighted by molar-refractivity contribution is -0.141. The molecular weight excluding hydrogens is 262 g/mol. The number of hydrogen-bond acceptors (Lipinski definition) is 3. The van der Waals surface area contributed by atoms with Gasteiger partial charge in [0.2, 0.25) is 0 Å². The molecule has 20 heavy (non-hydrogen) atoms. The van der Waals surface area contributed by atoms with E-state index in [-0.39, 0.29) is 17.5 Å². The van der Waals surface area contributed by atoms with Crippen molar-refractivity contribution in [1.29, 1.82) is 0 Å². The summed E-state index contributed by atoms with van der Waals surface area (Å²) >= 11 is 0. The number of benzene rings is 1. The van der Waals surface area contributed by atoms with Crippen molar-refractivity contribution in [2.45, 2.75) is 31.8 Å². The van der Waals surface area contributed by atoms with E-state index in [1.54, 1.807) is 0 Å². The van der Waals surface area contributed by atoms with Gasteiger partial charge in [0, 0.05) is 11.6 Å². The van der Waals surface area contributed by atoms with E-state index in [2.05, 4.69) is 0 Å². The first kappa shape index (κ1) is 14.0. The molecule has 0 bridgehead atoms. The van der Waals surface area contributed by atoms with Gasteiger partial charge in [-0.25, -0.2) is 9.59 Å². The first-order valence-electron chi connectivity index (χ1n) is 6.30. The molecule has 2 N–H and O–H groups in total. The molecule has 0 spiro atoms. The molecule has 0 saturated heterocycles. The quantitative estimate of drug-likeness (QED) is 0.849. The van der Waals surface area contributed by atoms with Crippen molar-refractivity contribution >= 4 is 17.8 Å². The molecule has 0 heterocycles. The monoisotopic (exact) mass is 277 g/mol. The van der Waals surface area contributed by atoms with Crippen molar-refractivity contribution in [1.82, 2.24) is 4.90 Å². The number of aliphatic carboxylic acids is 1. The van der Waals surface area contributed by atoms with E-state index in [9.17, 15) is 14.4 Å². The van der Waals surface area contributed by atoms with Gasteiger partial charge in [0.25, 0.3) is 5.91 Å². The Kier molecular flexibility index (Phi) is 3.74. The summed E-state index contributed by atoms with van der Waals surface area (Å²) in [6.45, 7) is 1.48. The summed E-state index contributed by atoms with van der Waals surface area (Å²) in [5, 5.41) is 17.9. The second-order valence-electron chi connectivity index (χ2n) is 4.84. The van der Waals surface area contributed by atoms with Crippen LogP contribution in [0.4, 0.5) is 0 Å². The fraction of sp³-hybridized carbons (Fsp3) is 0.357. The van der Waals surface area contributed by atoms with E-state index < -0.39 is 18.0 Å². The highest BCUT2D eigenvalue weighted by Crippen LogP contribution is 2.30. The fourth-order valence-corrected chi connectivity index (χ4v) is 2.03. The molecular formula is C14H15NO5. The molecule has 2 rings (SSSR count). The summed E-state index contributed by atoms with van der Waals surface area (Å²) < 4.78 is 0. The summed E-state index contributed by atoms with van der Waals surface area (Å²) in [4.78, 5) is 35.6. The summed E-state index contributed by atoms with van der Waals surface area (Å²) in [6.07, 6.45) is 1.60. The Hall–Kier alpha value is -2.37. The predicted octanol–water partition coefficient (Wildman–Crippen LogP) is 1.46. The van der Waals surface area contributed by atoms with Crippen LogP contribution in [-0.4, -0.2) is 45.0 Å². The fourth-order valence-electron chi connectivity index (χ4n) is 2.03. The Bertz CT molecular complexity index is 547. The summed E-state index contributed by atoms with van der Waals surface area (Å²) in [5.41, 5.74) is 0.390. The SMILES string of the molecule is CC(C(=O)O)N(C(=O)c1ccc(C(=O)O)cc1)C1CC1. The molecule has 1 unspecified atom stereocenters. The molecule has 6 nitrogen and oxygen atoms in total. The Labute approximate surface area is 115 Å². The lowest BCUT2D eigenvalue weighted by Crippen LogP contribution is -2.44. The molecule has 1 aliphatic rings. The molecule has 1 atom stereocenters. The van der Waals surface area contributed by atoms with Crippen LogP contribution in [0.5, 0.6) is 0 Å². The van der Waals surface area contributed by atoms with E-state index in [4.69, 9.17) is 10.2 Å². The van der Waals surface area contributed by atoms with Crippen molar-refractivity contribution in [3.63, 3.8) is 0 Å². The maximum absolute atomic E-state index is 12.4. The van der Waals surface area contributed by atoms with E-state index in [1.165, 1.54) is 36.1 Å². The second-order valence-corrected chi connectivity index (χ2v) is 4.84. The predicted molar refractivity (Wildman–Crippen MR) is 69.7 cm³/mol. The van der Waals surface area contributed by atoms with Crippen molar-refractivity contribution < 1.29 is 24.6 Å². The topological polar surface area (TPSA) is 94.9 Å². The average Bonchev–Trinajstić information content (AvgIpc) is 3.23. The zero-order chi connectivity index (χ0) is 14.9. The third-order valence-electron chi connectivity index (χ3n) is 3.33. The molecule has 1 amide bonds. The Balaban J connectivity index is 2.23. The van der Waals surface area contributed by atoms with Gasteiger partial charge in [0.05, 0.1) is 5.56 Å². The number of amides is 1. The van der Waals surface area contributed by atoms with Gasteiger partial charge < -0.3 is 15.1 Å². The van der Waals surface area contributed by atoms with Gasteiger partial charge in [-0.15, -0.1) is 0 Å². The Morgan fingerprint density at radius 3 is 2.00 bits per heavy atom. The number of hydrogen-bond donors (Lipinski definition) is 2. The van der Waals surface area contributed by atoms with Crippen LogP contribution < -0.4 is 0 Å². The third-order valence-corrected chi connectivity index (χ3v) is 3.33. The smallest absolute Gasteiger partial charge is 0.335 e. The van der Waals surface area contributed by atoms with Crippen molar-refractivity contribution in [2.75, 3.05) is 0 Å². The Morgan fingerprint density at radius 1 is 1.10 bits per heavy atom. The highest BCUT2D eigenvalue weighted by atomic mass is 16.4. The number of carbonyl (C=O) groups excluding carboxylic acids is 1. The first-order valence-corrected chi connectivity index (χ1v) is 6.30. The van der Waals surface area contributed by atoms with Crippen LogP contribution in [0.1, 0.15) is 40.5 Å². The molecule has 1 aromatic carbocycles. The molecule has 0 aliphatic heterocycles. The van der Waals surface area contributed by atoms with Gasteiger partial charge >= 0.3 is 11.9 Å². The molecule has 0 radical (unpaired) electrons. The van der Waals surface area contributed by atoms with E-state index >= 15 is 0 Å². The van der Waals surface area contributed by atoms with Crippen molar-refractivity contribution in [2.24, 2.45) is 0 Å². The van der Waals surface area contributed by atoms with Gasteiger partial charge in [0.15, 0.2) is 0 Å². The van der Waals surface area contributed by atoms with E-state index in [0.717, 1.165) is 12.8 Å². The largest absolute Gasteiger partial charge is 0.480 e. The summed E-state index contributed by atoms with van der Waals surface area (Å²) in [7, 11) is 0. The highest BCUT2D eigenvalue weighted by Gasteiger charge is 2.38. The minimum atomic E-state index is -1.07. The highest BCUT2D eigenvalue weighted by molar-refractivity contribution is 5.98. The number of aromatic carboxylic acids is 1. The van der Waals surface area contributed by atoms with Crippen LogP contribution in [0.3, 0.4) is 0 Å². The molecule has 0 aromatic heterocycles. The zero-order valence-corrected chi connectivity index (χ0v) is 10.9. The normalized spacial score (nSPS) is 15.4.